The van der Waals surface area contributed by atoms with Crippen LogP contribution in [0.15, 0.2) is 18.2 Å². The molecule has 16 heavy (non-hydrogen) atoms. The predicted molar refractivity (Wildman–Crippen MR) is 67.4 cm³/mol. The van der Waals surface area contributed by atoms with Gasteiger partial charge in [0.25, 0.3) is 0 Å². The third-order valence-electron chi connectivity index (χ3n) is 3.38. The highest BCUT2D eigenvalue weighted by Gasteiger charge is 2.25. The maximum atomic E-state index is 6.07. The highest BCUT2D eigenvalue weighted by molar-refractivity contribution is 6.30. The van der Waals surface area contributed by atoms with Crippen LogP contribution < -0.4 is 10.1 Å². The fraction of sp³-hybridized carbons (Fsp3) is 0.538. The molecule has 0 saturated carbocycles. The van der Waals surface area contributed by atoms with E-state index in [0.29, 0.717) is 11.8 Å². The highest BCUT2D eigenvalue weighted by Crippen LogP contribution is 2.37. The second-order valence-corrected chi connectivity index (χ2v) is 4.90. The summed E-state index contributed by atoms with van der Waals surface area (Å²) < 4.78 is 5.42. The fourth-order valence-electron chi connectivity index (χ4n) is 2.47. The van der Waals surface area contributed by atoms with E-state index in [1.165, 1.54) is 5.56 Å². The van der Waals surface area contributed by atoms with Crippen molar-refractivity contribution in [1.82, 2.24) is 5.32 Å². The highest BCUT2D eigenvalue weighted by atomic mass is 35.5. The number of nitrogens with one attached hydrogen (secondary N) is 1. The van der Waals surface area contributed by atoms with Crippen molar-refractivity contribution in [2.75, 3.05) is 20.2 Å². The minimum Gasteiger partial charge on any atom is -0.496 e. The van der Waals surface area contributed by atoms with Crippen molar-refractivity contribution in [3.05, 3.63) is 28.8 Å². The van der Waals surface area contributed by atoms with Gasteiger partial charge in [-0.15, -0.1) is 0 Å². The van der Waals surface area contributed by atoms with Crippen molar-refractivity contribution >= 4 is 11.6 Å². The van der Waals surface area contributed by atoms with E-state index in [9.17, 15) is 0 Å². The molecule has 2 atom stereocenters. The smallest absolute Gasteiger partial charge is 0.122 e. The molecule has 1 aliphatic heterocycles. The van der Waals surface area contributed by atoms with Gasteiger partial charge in [0.15, 0.2) is 0 Å². The van der Waals surface area contributed by atoms with Gasteiger partial charge >= 0.3 is 0 Å². The SMILES string of the molecule is COc1ccc(Cl)cc1C1CCNCC1C. The fourth-order valence-corrected chi connectivity index (χ4v) is 2.65. The minimum atomic E-state index is 0.551. The standard InChI is InChI=1S/C13H18ClNO/c1-9-8-15-6-5-11(9)12-7-10(14)3-4-13(12)16-2/h3-4,7,9,11,15H,5-6,8H2,1-2H3. The summed E-state index contributed by atoms with van der Waals surface area (Å²) in [6.07, 6.45) is 1.15. The maximum absolute atomic E-state index is 6.07. The number of hydrogen-bond donors (Lipinski definition) is 1. The Morgan fingerprint density at radius 3 is 2.94 bits per heavy atom. The second kappa shape index (κ2) is 5.07. The van der Waals surface area contributed by atoms with Crippen molar-refractivity contribution in [2.24, 2.45) is 5.92 Å². The molecule has 1 aromatic rings. The van der Waals surface area contributed by atoms with Crippen molar-refractivity contribution in [3.8, 4) is 5.75 Å². The first-order valence-electron chi connectivity index (χ1n) is 5.76. The summed E-state index contributed by atoms with van der Waals surface area (Å²) in [4.78, 5) is 0. The number of methoxy groups -OCH3 is 1. The van der Waals surface area contributed by atoms with E-state index in [1.54, 1.807) is 7.11 Å². The summed E-state index contributed by atoms with van der Waals surface area (Å²) in [6, 6.07) is 5.90. The van der Waals surface area contributed by atoms with E-state index in [0.717, 1.165) is 30.3 Å². The molecule has 0 aromatic heterocycles. The van der Waals surface area contributed by atoms with Gasteiger partial charge in [-0.05, 0) is 55.1 Å². The Labute approximate surface area is 102 Å². The normalized spacial score (nSPS) is 25.4. The Balaban J connectivity index is 2.33. The van der Waals surface area contributed by atoms with Crippen LogP contribution in [0.2, 0.25) is 5.02 Å². The molecule has 88 valence electrons. The van der Waals surface area contributed by atoms with E-state index in [1.807, 2.05) is 18.2 Å². The van der Waals surface area contributed by atoms with E-state index in [-0.39, 0.29) is 0 Å². The van der Waals surface area contributed by atoms with Crippen molar-refractivity contribution in [3.63, 3.8) is 0 Å². The molecule has 1 aromatic carbocycles. The molecule has 2 nitrogen and oxygen atoms in total. The van der Waals surface area contributed by atoms with Crippen LogP contribution in [0.1, 0.15) is 24.8 Å². The van der Waals surface area contributed by atoms with Crippen LogP contribution >= 0.6 is 11.6 Å². The number of benzene rings is 1. The summed E-state index contributed by atoms with van der Waals surface area (Å²) in [5, 5.41) is 4.21. The summed E-state index contributed by atoms with van der Waals surface area (Å²) in [5.74, 6) is 2.14. The zero-order valence-electron chi connectivity index (χ0n) is 9.79. The van der Waals surface area contributed by atoms with E-state index in [2.05, 4.69) is 12.2 Å². The molecule has 0 radical (unpaired) electrons. The van der Waals surface area contributed by atoms with Crippen LogP contribution in [0.25, 0.3) is 0 Å². The molecule has 1 saturated heterocycles. The van der Waals surface area contributed by atoms with Crippen molar-refractivity contribution in [2.45, 2.75) is 19.3 Å². The summed E-state index contributed by atoms with van der Waals surface area (Å²) in [7, 11) is 1.72. The summed E-state index contributed by atoms with van der Waals surface area (Å²) >= 11 is 6.07. The molecule has 2 unspecified atom stereocenters. The number of halogens is 1. The molecule has 0 aliphatic carbocycles. The lowest BCUT2D eigenvalue weighted by molar-refractivity contribution is 0.334. The first-order valence-corrected chi connectivity index (χ1v) is 6.14. The van der Waals surface area contributed by atoms with Gasteiger partial charge in [0.1, 0.15) is 5.75 Å². The zero-order chi connectivity index (χ0) is 11.5. The predicted octanol–water partition coefficient (Wildman–Crippen LogP) is 3.06. The molecule has 1 N–H and O–H groups in total. The molecule has 1 fully saturated rings. The van der Waals surface area contributed by atoms with Crippen molar-refractivity contribution in [1.29, 1.82) is 0 Å². The largest absolute Gasteiger partial charge is 0.496 e. The molecular formula is C13H18ClNO. The summed E-state index contributed by atoms with van der Waals surface area (Å²) in [5.41, 5.74) is 1.25. The first kappa shape index (κ1) is 11.7. The molecule has 0 amide bonds. The molecular weight excluding hydrogens is 222 g/mol. The average Bonchev–Trinajstić information content (AvgIpc) is 2.29. The molecule has 1 aliphatic rings. The van der Waals surface area contributed by atoms with Gasteiger partial charge in [0.05, 0.1) is 7.11 Å². The lowest BCUT2D eigenvalue weighted by Gasteiger charge is -2.30. The van der Waals surface area contributed by atoms with Gasteiger partial charge in [-0.2, -0.15) is 0 Å². The maximum Gasteiger partial charge on any atom is 0.122 e. The van der Waals surface area contributed by atoms with Crippen molar-refractivity contribution < 1.29 is 4.74 Å². The lowest BCUT2D eigenvalue weighted by atomic mass is 9.82. The Bertz CT molecular complexity index is 367. The second-order valence-electron chi connectivity index (χ2n) is 4.46. The van der Waals surface area contributed by atoms with Gasteiger partial charge in [-0.25, -0.2) is 0 Å². The summed E-state index contributed by atoms with van der Waals surface area (Å²) in [6.45, 7) is 4.42. The number of rotatable bonds is 2. The zero-order valence-corrected chi connectivity index (χ0v) is 10.6. The Morgan fingerprint density at radius 1 is 1.44 bits per heavy atom. The quantitative estimate of drug-likeness (QED) is 0.857. The van der Waals surface area contributed by atoms with Crippen LogP contribution in [-0.4, -0.2) is 20.2 Å². The van der Waals surface area contributed by atoms with Gasteiger partial charge in [-0.3, -0.25) is 0 Å². The van der Waals surface area contributed by atoms with Crippen LogP contribution in [-0.2, 0) is 0 Å². The van der Waals surface area contributed by atoms with E-state index in [4.69, 9.17) is 16.3 Å². The van der Waals surface area contributed by atoms with Gasteiger partial charge in [0.2, 0.25) is 0 Å². The van der Waals surface area contributed by atoms with Gasteiger partial charge in [-0.1, -0.05) is 18.5 Å². The topological polar surface area (TPSA) is 21.3 Å². The molecule has 0 spiro atoms. The van der Waals surface area contributed by atoms with Crippen LogP contribution in [0, 0.1) is 5.92 Å². The Hall–Kier alpha value is -0.730. The van der Waals surface area contributed by atoms with Crippen LogP contribution in [0.5, 0.6) is 5.75 Å². The number of ether oxygens (including phenoxy) is 1. The molecule has 3 heteroatoms. The molecule has 0 bridgehead atoms. The Morgan fingerprint density at radius 2 is 2.25 bits per heavy atom. The molecule has 2 rings (SSSR count). The van der Waals surface area contributed by atoms with Crippen LogP contribution in [0.4, 0.5) is 0 Å². The number of piperidine rings is 1. The van der Waals surface area contributed by atoms with E-state index < -0.39 is 0 Å². The minimum absolute atomic E-state index is 0.551. The first-order chi connectivity index (χ1) is 7.72. The van der Waals surface area contributed by atoms with Gasteiger partial charge in [0, 0.05) is 5.02 Å². The third-order valence-corrected chi connectivity index (χ3v) is 3.61. The average molecular weight is 240 g/mol. The van der Waals surface area contributed by atoms with E-state index >= 15 is 0 Å². The Kier molecular flexibility index (Phi) is 3.72. The number of hydrogen-bond acceptors (Lipinski definition) is 2. The third kappa shape index (κ3) is 2.33. The monoisotopic (exact) mass is 239 g/mol. The molecule has 1 heterocycles. The lowest BCUT2D eigenvalue weighted by Crippen LogP contribution is -2.33. The van der Waals surface area contributed by atoms with Gasteiger partial charge < -0.3 is 10.1 Å². The van der Waals surface area contributed by atoms with Crippen LogP contribution in [0.3, 0.4) is 0 Å².